The molecule has 0 bridgehead atoms. The second-order valence-electron chi connectivity index (χ2n) is 5.61. The number of hydrogen-bond acceptors (Lipinski definition) is 2. The minimum atomic E-state index is 0.0114. The van der Waals surface area contributed by atoms with Crippen molar-refractivity contribution in [2.75, 3.05) is 0 Å². The van der Waals surface area contributed by atoms with Gasteiger partial charge in [-0.15, -0.1) is 0 Å². The summed E-state index contributed by atoms with van der Waals surface area (Å²) in [5.41, 5.74) is 0. The number of rotatable bonds is 2. The zero-order valence-corrected chi connectivity index (χ0v) is 12.5. The molecular weight excluding hydrogens is 236 g/mol. The quantitative estimate of drug-likeness (QED) is 0.509. The maximum Gasteiger partial charge on any atom is 0.306 e. The molecule has 2 heteroatoms. The number of carbonyl (C=O) groups excluding carboxylic acids is 1. The van der Waals surface area contributed by atoms with Crippen LogP contribution in [0.2, 0.25) is 0 Å². The van der Waals surface area contributed by atoms with Gasteiger partial charge in [0.1, 0.15) is 6.10 Å². The van der Waals surface area contributed by atoms with Crippen molar-refractivity contribution < 1.29 is 9.53 Å². The molecule has 1 heterocycles. The van der Waals surface area contributed by atoms with Gasteiger partial charge >= 0.3 is 5.97 Å². The molecule has 0 fully saturated rings. The molecule has 1 aliphatic heterocycles. The Morgan fingerprint density at radius 2 is 1.74 bits per heavy atom. The maximum atomic E-state index is 11.8. The zero-order chi connectivity index (χ0) is 13.8. The fraction of sp³-hybridized carbons (Fsp3) is 0.824. The lowest BCUT2D eigenvalue weighted by Gasteiger charge is -2.16. The van der Waals surface area contributed by atoms with Crippen molar-refractivity contribution >= 4 is 5.97 Å². The van der Waals surface area contributed by atoms with Crippen LogP contribution in [0.4, 0.5) is 0 Å². The summed E-state index contributed by atoms with van der Waals surface area (Å²) in [6.45, 7) is 2.15. The van der Waals surface area contributed by atoms with Crippen molar-refractivity contribution in [3.8, 4) is 0 Å². The fourth-order valence-electron chi connectivity index (χ4n) is 2.59. The second kappa shape index (κ2) is 11.1. The van der Waals surface area contributed by atoms with Crippen molar-refractivity contribution in [3.05, 3.63) is 12.2 Å². The van der Waals surface area contributed by atoms with Crippen molar-refractivity contribution in [3.63, 3.8) is 0 Å². The van der Waals surface area contributed by atoms with E-state index in [1.807, 2.05) is 0 Å². The smallest absolute Gasteiger partial charge is 0.306 e. The minimum Gasteiger partial charge on any atom is -0.462 e. The highest BCUT2D eigenvalue weighted by Gasteiger charge is 2.12. The minimum absolute atomic E-state index is 0.0114. The van der Waals surface area contributed by atoms with Crippen LogP contribution >= 0.6 is 0 Å². The summed E-state index contributed by atoms with van der Waals surface area (Å²) in [5.74, 6) is 0.0114. The van der Waals surface area contributed by atoms with Gasteiger partial charge in [-0.2, -0.15) is 0 Å². The van der Waals surface area contributed by atoms with Gasteiger partial charge in [0.15, 0.2) is 0 Å². The molecule has 2 nitrogen and oxygen atoms in total. The average Bonchev–Trinajstić information content (AvgIpc) is 2.40. The summed E-state index contributed by atoms with van der Waals surface area (Å²) >= 11 is 0. The van der Waals surface area contributed by atoms with Crippen molar-refractivity contribution in [2.24, 2.45) is 0 Å². The van der Waals surface area contributed by atoms with E-state index in [1.54, 1.807) is 0 Å². The van der Waals surface area contributed by atoms with E-state index in [9.17, 15) is 4.79 Å². The molecule has 0 spiro atoms. The molecule has 1 atom stereocenters. The third-order valence-electron chi connectivity index (χ3n) is 3.73. The van der Waals surface area contributed by atoms with Crippen LogP contribution in [0.3, 0.4) is 0 Å². The monoisotopic (exact) mass is 266 g/mol. The highest BCUT2D eigenvalue weighted by molar-refractivity contribution is 5.69. The van der Waals surface area contributed by atoms with Gasteiger partial charge in [0.25, 0.3) is 0 Å². The summed E-state index contributed by atoms with van der Waals surface area (Å²) in [6, 6.07) is 0. The molecule has 1 rings (SSSR count). The van der Waals surface area contributed by atoms with E-state index in [4.69, 9.17) is 4.74 Å². The summed E-state index contributed by atoms with van der Waals surface area (Å²) in [7, 11) is 0. The van der Waals surface area contributed by atoms with Crippen LogP contribution in [-0.4, -0.2) is 12.1 Å². The van der Waals surface area contributed by atoms with E-state index in [0.29, 0.717) is 6.42 Å². The van der Waals surface area contributed by atoms with Gasteiger partial charge in [0, 0.05) is 6.42 Å². The van der Waals surface area contributed by atoms with Crippen LogP contribution in [0.25, 0.3) is 0 Å². The van der Waals surface area contributed by atoms with E-state index in [1.165, 1.54) is 38.5 Å². The molecule has 0 aromatic rings. The topological polar surface area (TPSA) is 26.3 Å². The summed E-state index contributed by atoms with van der Waals surface area (Å²) in [6.07, 6.45) is 18.0. The number of ether oxygens (including phenoxy) is 1. The Bertz CT molecular complexity index is 258. The van der Waals surface area contributed by atoms with Crippen molar-refractivity contribution in [1.82, 2.24) is 0 Å². The lowest BCUT2D eigenvalue weighted by atomic mass is 10.1. The first-order chi connectivity index (χ1) is 9.33. The van der Waals surface area contributed by atoms with Gasteiger partial charge in [-0.1, -0.05) is 51.2 Å². The third-order valence-corrected chi connectivity index (χ3v) is 3.73. The molecule has 0 aromatic heterocycles. The molecule has 110 valence electrons. The van der Waals surface area contributed by atoms with Gasteiger partial charge in [0.05, 0.1) is 0 Å². The van der Waals surface area contributed by atoms with Crippen molar-refractivity contribution in [1.29, 1.82) is 0 Å². The van der Waals surface area contributed by atoms with Gasteiger partial charge < -0.3 is 4.74 Å². The van der Waals surface area contributed by atoms with Crippen LogP contribution in [-0.2, 0) is 9.53 Å². The molecule has 0 aliphatic carbocycles. The predicted octanol–water partition coefficient (Wildman–Crippen LogP) is 5.17. The Morgan fingerprint density at radius 3 is 2.53 bits per heavy atom. The average molecular weight is 266 g/mol. The highest BCUT2D eigenvalue weighted by Crippen LogP contribution is 2.15. The van der Waals surface area contributed by atoms with Crippen LogP contribution in [0.5, 0.6) is 0 Å². The van der Waals surface area contributed by atoms with Gasteiger partial charge in [-0.25, -0.2) is 0 Å². The largest absolute Gasteiger partial charge is 0.462 e. The molecule has 0 aromatic carbocycles. The Labute approximate surface area is 118 Å². The van der Waals surface area contributed by atoms with E-state index in [2.05, 4.69) is 19.1 Å². The Morgan fingerprint density at radius 1 is 1.05 bits per heavy atom. The first-order valence-electron chi connectivity index (χ1n) is 8.17. The first kappa shape index (κ1) is 16.3. The Hall–Kier alpha value is -0.790. The molecule has 0 N–H and O–H groups in total. The molecular formula is C17H30O2. The van der Waals surface area contributed by atoms with E-state index in [-0.39, 0.29) is 12.1 Å². The van der Waals surface area contributed by atoms with E-state index in [0.717, 1.165) is 32.1 Å². The summed E-state index contributed by atoms with van der Waals surface area (Å²) < 4.78 is 5.59. The molecule has 0 amide bonds. The lowest BCUT2D eigenvalue weighted by Crippen LogP contribution is -2.17. The van der Waals surface area contributed by atoms with Gasteiger partial charge in [0.2, 0.25) is 0 Å². The Balaban J connectivity index is 2.40. The summed E-state index contributed by atoms with van der Waals surface area (Å²) in [4.78, 5) is 11.8. The van der Waals surface area contributed by atoms with Crippen LogP contribution < -0.4 is 0 Å². The summed E-state index contributed by atoms with van der Waals surface area (Å²) in [5, 5.41) is 0. The molecule has 0 saturated carbocycles. The molecule has 1 aliphatic rings. The standard InChI is InChI=1S/C17H30O2/c1-2-13-16-14-11-9-7-5-3-4-6-8-10-12-15-17(18)19-16/h7,9,16H,2-6,8,10-15H2,1H3/b9-7+. The van der Waals surface area contributed by atoms with Gasteiger partial charge in [-0.3, -0.25) is 4.79 Å². The zero-order valence-electron chi connectivity index (χ0n) is 12.5. The normalized spacial score (nSPS) is 25.9. The maximum absolute atomic E-state index is 11.8. The van der Waals surface area contributed by atoms with Crippen LogP contribution in [0.1, 0.15) is 84.0 Å². The van der Waals surface area contributed by atoms with Gasteiger partial charge in [-0.05, 0) is 38.5 Å². The number of allylic oxidation sites excluding steroid dienone is 2. The van der Waals surface area contributed by atoms with Crippen LogP contribution in [0, 0.1) is 0 Å². The lowest BCUT2D eigenvalue weighted by molar-refractivity contribution is -0.149. The van der Waals surface area contributed by atoms with E-state index >= 15 is 0 Å². The predicted molar refractivity (Wildman–Crippen MR) is 80.1 cm³/mol. The second-order valence-corrected chi connectivity index (χ2v) is 5.61. The number of esters is 1. The highest BCUT2D eigenvalue weighted by atomic mass is 16.5. The molecule has 19 heavy (non-hydrogen) atoms. The molecule has 0 radical (unpaired) electrons. The molecule has 0 saturated heterocycles. The third kappa shape index (κ3) is 8.85. The number of carbonyl (C=O) groups is 1. The van der Waals surface area contributed by atoms with E-state index < -0.39 is 0 Å². The van der Waals surface area contributed by atoms with Crippen molar-refractivity contribution in [2.45, 2.75) is 90.1 Å². The Kier molecular flexibility index (Phi) is 9.48. The SMILES string of the molecule is CCCC1CC/C=C/CCCCCCCCC(=O)O1. The first-order valence-corrected chi connectivity index (χ1v) is 8.17. The van der Waals surface area contributed by atoms with Crippen LogP contribution in [0.15, 0.2) is 12.2 Å². The number of cyclic esters (lactones) is 1. The number of hydrogen-bond donors (Lipinski definition) is 0. The fourth-order valence-corrected chi connectivity index (χ4v) is 2.59. The molecule has 1 unspecified atom stereocenters.